The second kappa shape index (κ2) is 9.22. The molecule has 1 saturated carbocycles. The first-order valence-electron chi connectivity index (χ1n) is 9.93. The van der Waals surface area contributed by atoms with Crippen LogP contribution in [0.25, 0.3) is 5.69 Å². The summed E-state index contributed by atoms with van der Waals surface area (Å²) < 4.78 is 6.81. The fourth-order valence-electron chi connectivity index (χ4n) is 3.74. The summed E-state index contributed by atoms with van der Waals surface area (Å²) in [5.74, 6) is 1.79. The lowest BCUT2D eigenvalue weighted by Gasteiger charge is -2.22. The summed E-state index contributed by atoms with van der Waals surface area (Å²) in [6, 6.07) is 15.6. The molecule has 7 heteroatoms. The topological polar surface area (TPSA) is 69.9 Å². The maximum Gasteiger partial charge on any atom is 0.214 e. The zero-order valence-corrected chi connectivity index (χ0v) is 17.3. The third-order valence-electron chi connectivity index (χ3n) is 5.40. The van der Waals surface area contributed by atoms with Gasteiger partial charge in [-0.15, -0.1) is 5.10 Å². The van der Waals surface area contributed by atoms with Crippen molar-refractivity contribution < 1.29 is 9.53 Å². The molecule has 1 heterocycles. The summed E-state index contributed by atoms with van der Waals surface area (Å²) in [4.78, 5) is 12.6. The maximum absolute atomic E-state index is 12.6. The molecule has 0 amide bonds. The van der Waals surface area contributed by atoms with Crippen LogP contribution in [0.1, 0.15) is 53.9 Å². The highest BCUT2D eigenvalue weighted by Crippen LogP contribution is 2.32. The summed E-state index contributed by atoms with van der Waals surface area (Å²) in [5.41, 5.74) is 2.92. The molecule has 1 aliphatic rings. The zero-order valence-electron chi connectivity index (χ0n) is 16.5. The van der Waals surface area contributed by atoms with Crippen LogP contribution in [0.4, 0.5) is 0 Å². The molecule has 4 rings (SSSR count). The van der Waals surface area contributed by atoms with E-state index in [0.717, 1.165) is 17.0 Å². The van der Waals surface area contributed by atoms with Crippen molar-refractivity contribution in [2.24, 2.45) is 0 Å². The maximum atomic E-state index is 12.6. The average Bonchev–Trinajstić information content (AvgIpc) is 3.27. The first-order chi connectivity index (χ1) is 14.2. The van der Waals surface area contributed by atoms with Crippen molar-refractivity contribution in [3.8, 4) is 11.4 Å². The fraction of sp³-hybridized carbons (Fsp3) is 0.364. The normalized spacial score (nSPS) is 14.7. The Morgan fingerprint density at radius 3 is 2.48 bits per heavy atom. The number of aromatic nitrogens is 4. The lowest BCUT2D eigenvalue weighted by molar-refractivity contribution is 0.102. The second-order valence-electron chi connectivity index (χ2n) is 7.24. The third kappa shape index (κ3) is 4.67. The largest absolute Gasteiger partial charge is 0.497 e. The molecule has 29 heavy (non-hydrogen) atoms. The number of ether oxygens (including phenoxy) is 1. The van der Waals surface area contributed by atoms with E-state index in [2.05, 4.69) is 27.7 Å². The number of Topliss-reactive ketones (excluding diaryl/α,β-unsaturated/α-hetero) is 1. The number of hydrogen-bond acceptors (Lipinski definition) is 6. The number of methoxy groups -OCH3 is 1. The van der Waals surface area contributed by atoms with E-state index in [-0.39, 0.29) is 5.78 Å². The van der Waals surface area contributed by atoms with Gasteiger partial charge in [0.25, 0.3) is 0 Å². The molecule has 0 spiro atoms. The molecule has 0 unspecified atom stereocenters. The van der Waals surface area contributed by atoms with Crippen molar-refractivity contribution in [3.63, 3.8) is 0 Å². The van der Waals surface area contributed by atoms with Crippen molar-refractivity contribution in [3.05, 3.63) is 59.7 Å². The number of benzene rings is 2. The van der Waals surface area contributed by atoms with Gasteiger partial charge < -0.3 is 4.74 Å². The Kier molecular flexibility index (Phi) is 6.24. The Labute approximate surface area is 174 Å². The first-order valence-corrected chi connectivity index (χ1v) is 10.9. The van der Waals surface area contributed by atoms with Crippen molar-refractivity contribution >= 4 is 17.5 Å². The number of rotatable bonds is 7. The molecular weight excluding hydrogens is 384 g/mol. The first kappa shape index (κ1) is 19.6. The summed E-state index contributed by atoms with van der Waals surface area (Å²) in [7, 11) is 1.63. The molecule has 150 valence electrons. The Morgan fingerprint density at radius 2 is 1.79 bits per heavy atom. The smallest absolute Gasteiger partial charge is 0.214 e. The van der Waals surface area contributed by atoms with Gasteiger partial charge in [0.1, 0.15) is 5.75 Å². The molecule has 1 aliphatic carbocycles. The average molecular weight is 409 g/mol. The van der Waals surface area contributed by atoms with Gasteiger partial charge in [-0.1, -0.05) is 55.3 Å². The number of hydrogen-bond donors (Lipinski definition) is 0. The number of thioether (sulfide) groups is 1. The van der Waals surface area contributed by atoms with E-state index in [0.29, 0.717) is 16.8 Å². The molecule has 2 aromatic carbocycles. The highest BCUT2D eigenvalue weighted by Gasteiger charge is 2.17. The van der Waals surface area contributed by atoms with Crippen LogP contribution in [-0.4, -0.2) is 38.9 Å². The van der Waals surface area contributed by atoms with Gasteiger partial charge in [-0.2, -0.15) is 4.68 Å². The van der Waals surface area contributed by atoms with E-state index in [1.54, 1.807) is 11.8 Å². The van der Waals surface area contributed by atoms with Crippen LogP contribution in [0.2, 0.25) is 0 Å². The summed E-state index contributed by atoms with van der Waals surface area (Å²) >= 11 is 1.34. The molecule has 6 nitrogen and oxygen atoms in total. The van der Waals surface area contributed by atoms with Crippen LogP contribution in [0.3, 0.4) is 0 Å². The van der Waals surface area contributed by atoms with E-state index >= 15 is 0 Å². The van der Waals surface area contributed by atoms with Gasteiger partial charge in [0, 0.05) is 5.56 Å². The minimum Gasteiger partial charge on any atom is -0.497 e. The van der Waals surface area contributed by atoms with Crippen LogP contribution in [0.5, 0.6) is 5.75 Å². The van der Waals surface area contributed by atoms with Gasteiger partial charge in [-0.05, 0) is 59.0 Å². The van der Waals surface area contributed by atoms with Crippen molar-refractivity contribution in [1.29, 1.82) is 0 Å². The van der Waals surface area contributed by atoms with Gasteiger partial charge >= 0.3 is 0 Å². The number of tetrazole rings is 1. The monoisotopic (exact) mass is 408 g/mol. The molecule has 0 aliphatic heterocycles. The molecule has 1 fully saturated rings. The van der Waals surface area contributed by atoms with Crippen LogP contribution >= 0.6 is 11.8 Å². The molecular formula is C22H24N4O2S. The van der Waals surface area contributed by atoms with Crippen LogP contribution in [0, 0.1) is 0 Å². The van der Waals surface area contributed by atoms with Gasteiger partial charge in [0.15, 0.2) is 5.78 Å². The minimum absolute atomic E-state index is 0.0782. The van der Waals surface area contributed by atoms with Crippen LogP contribution < -0.4 is 4.74 Å². The van der Waals surface area contributed by atoms with Gasteiger partial charge in [-0.25, -0.2) is 0 Å². The van der Waals surface area contributed by atoms with E-state index in [9.17, 15) is 4.79 Å². The minimum atomic E-state index is 0.0782. The molecule has 1 aromatic heterocycles. The molecule has 3 aromatic rings. The van der Waals surface area contributed by atoms with E-state index in [1.807, 2.05) is 36.4 Å². The highest BCUT2D eigenvalue weighted by atomic mass is 32.2. The third-order valence-corrected chi connectivity index (χ3v) is 6.32. The SMILES string of the molecule is COc1ccc(-n2nnnc2SCC(=O)c2ccc(C3CCCCC3)cc2)cc1. The van der Waals surface area contributed by atoms with E-state index in [4.69, 9.17) is 4.74 Å². The number of nitrogens with zero attached hydrogens (tertiary/aromatic N) is 4. The molecule has 0 bridgehead atoms. The number of carbonyl (C=O) groups is 1. The standard InChI is InChI=1S/C22H24N4O2S/c1-28-20-13-11-19(12-14-20)26-22(23-24-25-26)29-15-21(27)18-9-7-17(8-10-18)16-5-3-2-4-6-16/h7-14,16H,2-6,15H2,1H3. The summed E-state index contributed by atoms with van der Waals surface area (Å²) in [6.45, 7) is 0. The highest BCUT2D eigenvalue weighted by molar-refractivity contribution is 7.99. The predicted molar refractivity (Wildman–Crippen MR) is 113 cm³/mol. The zero-order chi connectivity index (χ0) is 20.1. The van der Waals surface area contributed by atoms with Gasteiger partial charge in [0.05, 0.1) is 18.6 Å². The van der Waals surface area contributed by atoms with E-state index < -0.39 is 0 Å². The molecule has 0 atom stereocenters. The summed E-state index contributed by atoms with van der Waals surface area (Å²) in [5, 5.41) is 12.4. The number of carbonyl (C=O) groups excluding carboxylic acids is 1. The van der Waals surface area contributed by atoms with Crippen molar-refractivity contribution in [2.75, 3.05) is 12.9 Å². The predicted octanol–water partition coefficient (Wildman–Crippen LogP) is 4.69. The Balaban J connectivity index is 1.39. The molecule has 0 saturated heterocycles. The number of ketones is 1. The lowest BCUT2D eigenvalue weighted by Crippen LogP contribution is -2.07. The fourth-order valence-corrected chi connectivity index (χ4v) is 4.53. The van der Waals surface area contributed by atoms with Crippen LogP contribution in [-0.2, 0) is 0 Å². The molecule has 0 radical (unpaired) electrons. The lowest BCUT2D eigenvalue weighted by atomic mass is 9.84. The van der Waals surface area contributed by atoms with Gasteiger partial charge in [-0.3, -0.25) is 4.79 Å². The quantitative estimate of drug-likeness (QED) is 0.417. The second-order valence-corrected chi connectivity index (χ2v) is 8.18. The van der Waals surface area contributed by atoms with E-state index in [1.165, 1.54) is 49.4 Å². The van der Waals surface area contributed by atoms with Crippen molar-refractivity contribution in [2.45, 2.75) is 43.2 Å². The Morgan fingerprint density at radius 1 is 1.07 bits per heavy atom. The molecule has 0 N–H and O–H groups in total. The summed E-state index contributed by atoms with van der Waals surface area (Å²) in [6.07, 6.45) is 6.49. The Bertz CT molecular complexity index is 948. The van der Waals surface area contributed by atoms with Crippen molar-refractivity contribution in [1.82, 2.24) is 20.2 Å². The Hall–Kier alpha value is -2.67. The van der Waals surface area contributed by atoms with Gasteiger partial charge in [0.2, 0.25) is 5.16 Å². The van der Waals surface area contributed by atoms with Crippen LogP contribution in [0.15, 0.2) is 53.7 Å².